The van der Waals surface area contributed by atoms with E-state index in [9.17, 15) is 4.79 Å². The van der Waals surface area contributed by atoms with Crippen molar-refractivity contribution in [3.8, 4) is 5.75 Å². The Labute approximate surface area is 132 Å². The van der Waals surface area contributed by atoms with Crippen molar-refractivity contribution in [1.29, 1.82) is 0 Å². The normalized spacial score (nSPS) is 11.8. The molecule has 0 aliphatic heterocycles. The van der Waals surface area contributed by atoms with E-state index in [1.165, 1.54) is 6.07 Å². The molecule has 0 fully saturated rings. The van der Waals surface area contributed by atoms with E-state index in [1.54, 1.807) is 7.11 Å². The number of amides is 1. The zero-order valence-electron chi connectivity index (χ0n) is 11.4. The number of hydrogen-bond acceptors (Lipinski definition) is 4. The summed E-state index contributed by atoms with van der Waals surface area (Å²) in [6.07, 6.45) is 0. The molecule has 0 aliphatic carbocycles. The van der Waals surface area contributed by atoms with Crippen LogP contribution in [0.5, 0.6) is 5.75 Å². The molecule has 1 heterocycles. The Morgan fingerprint density at radius 3 is 2.52 bits per heavy atom. The highest BCUT2D eigenvalue weighted by Gasteiger charge is 2.16. The van der Waals surface area contributed by atoms with Gasteiger partial charge in [0, 0.05) is 0 Å². The number of carbonyl (C=O) groups is 1. The molecule has 0 aliphatic rings. The van der Waals surface area contributed by atoms with E-state index >= 15 is 0 Å². The molecule has 21 heavy (non-hydrogen) atoms. The van der Waals surface area contributed by atoms with Gasteiger partial charge in [-0.05, 0) is 30.7 Å². The van der Waals surface area contributed by atoms with Gasteiger partial charge >= 0.3 is 0 Å². The Balaban J connectivity index is 2.12. The lowest BCUT2D eigenvalue weighted by molar-refractivity contribution is 0.0939. The first-order valence-corrected chi connectivity index (χ1v) is 6.90. The van der Waals surface area contributed by atoms with Gasteiger partial charge in [0.05, 0.1) is 18.7 Å². The molecule has 0 spiro atoms. The summed E-state index contributed by atoms with van der Waals surface area (Å²) < 4.78 is 5.09. The average Bonchev–Trinajstić information content (AvgIpc) is 2.49. The van der Waals surface area contributed by atoms with Gasteiger partial charge in [-0.1, -0.05) is 35.3 Å². The lowest BCUT2D eigenvalue weighted by Crippen LogP contribution is -2.27. The fraction of sp³-hybridized carbons (Fsp3) is 0.214. The first kappa shape index (κ1) is 15.5. The Hall–Kier alpha value is -1.85. The van der Waals surface area contributed by atoms with E-state index in [1.807, 2.05) is 31.2 Å². The smallest absolute Gasteiger partial charge is 0.255 e. The predicted octanol–water partition coefficient (Wildman–Crippen LogP) is 3.28. The van der Waals surface area contributed by atoms with Crippen LogP contribution in [-0.4, -0.2) is 23.2 Å². The monoisotopic (exact) mass is 325 g/mol. The third-order valence-corrected chi connectivity index (χ3v) is 3.39. The van der Waals surface area contributed by atoms with Gasteiger partial charge in [0.25, 0.3) is 5.91 Å². The first-order valence-electron chi connectivity index (χ1n) is 6.15. The van der Waals surface area contributed by atoms with Crippen molar-refractivity contribution in [2.45, 2.75) is 13.0 Å². The van der Waals surface area contributed by atoms with Gasteiger partial charge in [-0.15, -0.1) is 10.2 Å². The second-order valence-corrected chi connectivity index (χ2v) is 5.09. The van der Waals surface area contributed by atoms with E-state index in [-0.39, 0.29) is 27.8 Å². The summed E-state index contributed by atoms with van der Waals surface area (Å²) in [5.41, 5.74) is 1.13. The number of nitrogens with zero attached hydrogens (tertiary/aromatic N) is 2. The first-order chi connectivity index (χ1) is 10.0. The fourth-order valence-electron chi connectivity index (χ4n) is 1.76. The molecule has 0 saturated carbocycles. The molecular formula is C14H13Cl2N3O2. The second kappa shape index (κ2) is 6.74. The molecule has 1 atom stereocenters. The van der Waals surface area contributed by atoms with Crippen LogP contribution in [0.4, 0.5) is 0 Å². The highest BCUT2D eigenvalue weighted by molar-refractivity contribution is 6.34. The van der Waals surface area contributed by atoms with E-state index < -0.39 is 0 Å². The highest BCUT2D eigenvalue weighted by atomic mass is 35.5. The number of aromatic nitrogens is 2. The van der Waals surface area contributed by atoms with E-state index in [0.29, 0.717) is 0 Å². The Bertz CT molecular complexity index is 647. The summed E-state index contributed by atoms with van der Waals surface area (Å²) in [6, 6.07) is 8.59. The predicted molar refractivity (Wildman–Crippen MR) is 80.9 cm³/mol. The SMILES string of the molecule is COc1ccc(C(C)NC(=O)c2cc(Cl)nnc2Cl)cc1. The van der Waals surface area contributed by atoms with Crippen molar-refractivity contribution in [3.05, 3.63) is 51.8 Å². The van der Waals surface area contributed by atoms with Crippen molar-refractivity contribution in [1.82, 2.24) is 15.5 Å². The van der Waals surface area contributed by atoms with Gasteiger partial charge in [0.15, 0.2) is 10.3 Å². The van der Waals surface area contributed by atoms with Crippen molar-refractivity contribution in [2.75, 3.05) is 7.11 Å². The van der Waals surface area contributed by atoms with Crippen LogP contribution in [0.3, 0.4) is 0 Å². The molecule has 2 rings (SSSR count). The minimum atomic E-state index is -0.361. The number of nitrogens with one attached hydrogen (secondary N) is 1. The number of benzene rings is 1. The molecule has 1 unspecified atom stereocenters. The minimum Gasteiger partial charge on any atom is -0.497 e. The molecule has 110 valence electrons. The standard InChI is InChI=1S/C14H13Cl2N3O2/c1-8(9-3-5-10(21-2)6-4-9)17-14(20)11-7-12(15)18-19-13(11)16/h3-8H,1-2H3,(H,17,20). The molecule has 1 aromatic carbocycles. The number of carbonyl (C=O) groups excluding carboxylic acids is 1. The van der Waals surface area contributed by atoms with Gasteiger partial charge in [-0.3, -0.25) is 4.79 Å². The zero-order chi connectivity index (χ0) is 15.4. The zero-order valence-corrected chi connectivity index (χ0v) is 12.9. The van der Waals surface area contributed by atoms with Crippen LogP contribution in [0, 0.1) is 0 Å². The van der Waals surface area contributed by atoms with Crippen molar-refractivity contribution >= 4 is 29.1 Å². The molecule has 2 aromatic rings. The summed E-state index contributed by atoms with van der Waals surface area (Å²) in [5, 5.41) is 10.1. The van der Waals surface area contributed by atoms with Crippen LogP contribution in [-0.2, 0) is 0 Å². The maximum atomic E-state index is 12.2. The van der Waals surface area contributed by atoms with E-state index in [4.69, 9.17) is 27.9 Å². The molecule has 1 aromatic heterocycles. The maximum absolute atomic E-state index is 12.2. The third kappa shape index (κ3) is 3.83. The summed E-state index contributed by atoms with van der Waals surface area (Å²) in [4.78, 5) is 12.2. The molecule has 0 bridgehead atoms. The molecule has 1 N–H and O–H groups in total. The van der Waals surface area contributed by atoms with Gasteiger partial charge in [-0.25, -0.2) is 0 Å². The van der Waals surface area contributed by atoms with E-state index in [0.717, 1.165) is 11.3 Å². The van der Waals surface area contributed by atoms with Gasteiger partial charge in [0.2, 0.25) is 0 Å². The fourth-order valence-corrected chi connectivity index (χ4v) is 2.09. The average molecular weight is 326 g/mol. The molecule has 1 amide bonds. The number of halogens is 2. The number of ether oxygens (including phenoxy) is 1. The van der Waals surface area contributed by atoms with Crippen LogP contribution >= 0.6 is 23.2 Å². The Kier molecular flexibility index (Phi) is 4.98. The third-order valence-electron chi connectivity index (χ3n) is 2.93. The van der Waals surface area contributed by atoms with Gasteiger partial charge < -0.3 is 10.1 Å². The summed E-state index contributed by atoms with van der Waals surface area (Å²) in [7, 11) is 1.60. The van der Waals surface area contributed by atoms with Gasteiger partial charge in [-0.2, -0.15) is 0 Å². The lowest BCUT2D eigenvalue weighted by atomic mass is 10.1. The topological polar surface area (TPSA) is 64.1 Å². The van der Waals surface area contributed by atoms with Crippen LogP contribution in [0.15, 0.2) is 30.3 Å². The number of rotatable bonds is 4. The summed E-state index contributed by atoms with van der Waals surface area (Å²) in [6.45, 7) is 1.86. The van der Waals surface area contributed by atoms with Crippen molar-refractivity contribution < 1.29 is 9.53 Å². The van der Waals surface area contributed by atoms with E-state index in [2.05, 4.69) is 15.5 Å². The maximum Gasteiger partial charge on any atom is 0.255 e. The molecule has 0 saturated heterocycles. The lowest BCUT2D eigenvalue weighted by Gasteiger charge is -2.15. The van der Waals surface area contributed by atoms with Gasteiger partial charge in [0.1, 0.15) is 5.75 Å². The Morgan fingerprint density at radius 1 is 1.24 bits per heavy atom. The minimum absolute atomic E-state index is 0.0128. The Morgan fingerprint density at radius 2 is 1.90 bits per heavy atom. The number of methoxy groups -OCH3 is 1. The van der Waals surface area contributed by atoms with Crippen molar-refractivity contribution in [3.63, 3.8) is 0 Å². The molecule has 5 nitrogen and oxygen atoms in total. The van der Waals surface area contributed by atoms with Crippen molar-refractivity contribution in [2.24, 2.45) is 0 Å². The largest absolute Gasteiger partial charge is 0.497 e. The molecular weight excluding hydrogens is 313 g/mol. The van der Waals surface area contributed by atoms with Crippen LogP contribution in [0.25, 0.3) is 0 Å². The summed E-state index contributed by atoms with van der Waals surface area (Å²) >= 11 is 11.6. The summed E-state index contributed by atoms with van der Waals surface area (Å²) in [5.74, 6) is 0.394. The highest BCUT2D eigenvalue weighted by Crippen LogP contribution is 2.20. The van der Waals surface area contributed by atoms with Crippen LogP contribution < -0.4 is 10.1 Å². The van der Waals surface area contributed by atoms with Crippen LogP contribution in [0.1, 0.15) is 28.9 Å². The quantitative estimate of drug-likeness (QED) is 0.936. The second-order valence-electron chi connectivity index (χ2n) is 4.34. The molecule has 0 radical (unpaired) electrons. The van der Waals surface area contributed by atoms with Crippen LogP contribution in [0.2, 0.25) is 10.3 Å². The number of hydrogen-bond donors (Lipinski definition) is 1. The molecule has 7 heteroatoms.